The molecule has 0 bridgehead atoms. The molecular formula is C14H13BrCl2N2O. The van der Waals surface area contributed by atoms with Crippen molar-refractivity contribution < 1.29 is 4.74 Å². The van der Waals surface area contributed by atoms with E-state index in [2.05, 4.69) is 26.2 Å². The summed E-state index contributed by atoms with van der Waals surface area (Å²) < 4.78 is 6.44. The van der Waals surface area contributed by atoms with Gasteiger partial charge in [0.15, 0.2) is 0 Å². The number of anilines is 1. The number of rotatable bonds is 5. The molecule has 0 spiro atoms. The van der Waals surface area contributed by atoms with E-state index in [1.165, 1.54) is 0 Å². The van der Waals surface area contributed by atoms with Gasteiger partial charge in [0.25, 0.3) is 0 Å². The summed E-state index contributed by atoms with van der Waals surface area (Å²) in [4.78, 5) is 4.21. The molecule has 2 aromatic rings. The van der Waals surface area contributed by atoms with E-state index in [0.29, 0.717) is 22.4 Å². The molecule has 6 heteroatoms. The second-order valence-electron chi connectivity index (χ2n) is 4.07. The summed E-state index contributed by atoms with van der Waals surface area (Å²) in [6.07, 6.45) is 1.74. The number of pyridine rings is 1. The molecule has 2 rings (SSSR count). The van der Waals surface area contributed by atoms with E-state index in [1.807, 2.05) is 19.1 Å². The van der Waals surface area contributed by atoms with E-state index >= 15 is 0 Å². The topological polar surface area (TPSA) is 34.1 Å². The lowest BCUT2D eigenvalue weighted by Gasteiger charge is -2.10. The SMILES string of the molecule is CCNc1cc(COc2cc(Cl)c(Br)cc2Cl)ccn1. The summed E-state index contributed by atoms with van der Waals surface area (Å²) in [6, 6.07) is 7.25. The van der Waals surface area contributed by atoms with Crippen molar-refractivity contribution in [3.8, 4) is 5.75 Å². The van der Waals surface area contributed by atoms with Crippen LogP contribution in [0.4, 0.5) is 5.82 Å². The van der Waals surface area contributed by atoms with E-state index < -0.39 is 0 Å². The van der Waals surface area contributed by atoms with Crippen LogP contribution in [0.5, 0.6) is 5.75 Å². The fraction of sp³-hybridized carbons (Fsp3) is 0.214. The minimum Gasteiger partial charge on any atom is -0.487 e. The Labute approximate surface area is 136 Å². The van der Waals surface area contributed by atoms with E-state index in [9.17, 15) is 0 Å². The molecule has 0 atom stereocenters. The molecule has 0 fully saturated rings. The Morgan fingerprint density at radius 2 is 2.05 bits per heavy atom. The lowest BCUT2D eigenvalue weighted by molar-refractivity contribution is 0.306. The molecular weight excluding hydrogens is 363 g/mol. The van der Waals surface area contributed by atoms with Crippen LogP contribution in [0.1, 0.15) is 12.5 Å². The van der Waals surface area contributed by atoms with Crippen molar-refractivity contribution in [2.75, 3.05) is 11.9 Å². The average molecular weight is 376 g/mol. The van der Waals surface area contributed by atoms with E-state index in [-0.39, 0.29) is 0 Å². The number of benzene rings is 1. The van der Waals surface area contributed by atoms with Crippen LogP contribution in [0.25, 0.3) is 0 Å². The Kier molecular flexibility index (Phi) is 5.52. The normalized spacial score (nSPS) is 10.4. The number of hydrogen-bond acceptors (Lipinski definition) is 3. The van der Waals surface area contributed by atoms with Gasteiger partial charge in [0.2, 0.25) is 0 Å². The zero-order valence-corrected chi connectivity index (χ0v) is 13.9. The van der Waals surface area contributed by atoms with Gasteiger partial charge in [0, 0.05) is 23.3 Å². The minimum atomic E-state index is 0.401. The molecule has 0 aliphatic rings. The average Bonchev–Trinajstić information content (AvgIpc) is 2.42. The lowest BCUT2D eigenvalue weighted by Crippen LogP contribution is -2.01. The Balaban J connectivity index is 2.08. The smallest absolute Gasteiger partial charge is 0.139 e. The standard InChI is InChI=1S/C14H13BrCl2N2O/c1-2-18-14-5-9(3-4-19-14)8-20-13-7-11(16)10(15)6-12(13)17/h3-7H,2,8H2,1H3,(H,18,19). The number of ether oxygens (including phenoxy) is 1. The van der Waals surface area contributed by atoms with Gasteiger partial charge in [-0.15, -0.1) is 0 Å². The molecule has 0 aliphatic heterocycles. The van der Waals surface area contributed by atoms with Crippen LogP contribution in [0.2, 0.25) is 10.0 Å². The predicted octanol–water partition coefficient (Wildman–Crippen LogP) is 5.16. The summed E-state index contributed by atoms with van der Waals surface area (Å²) in [5, 5.41) is 4.23. The van der Waals surface area contributed by atoms with Gasteiger partial charge in [-0.05, 0) is 46.6 Å². The first-order valence-electron chi connectivity index (χ1n) is 6.06. The molecule has 0 aliphatic carbocycles. The zero-order valence-electron chi connectivity index (χ0n) is 10.8. The van der Waals surface area contributed by atoms with Gasteiger partial charge in [0.05, 0.1) is 10.0 Å². The number of aromatic nitrogens is 1. The number of halogens is 3. The maximum Gasteiger partial charge on any atom is 0.139 e. The lowest BCUT2D eigenvalue weighted by atomic mass is 10.2. The Bertz CT molecular complexity index is 608. The highest BCUT2D eigenvalue weighted by atomic mass is 79.9. The molecule has 20 heavy (non-hydrogen) atoms. The van der Waals surface area contributed by atoms with E-state index in [1.54, 1.807) is 18.3 Å². The van der Waals surface area contributed by atoms with Crippen LogP contribution in [0.15, 0.2) is 34.9 Å². The van der Waals surface area contributed by atoms with Gasteiger partial charge in [-0.25, -0.2) is 4.98 Å². The molecule has 0 saturated carbocycles. The molecule has 1 N–H and O–H groups in total. The first kappa shape index (κ1) is 15.4. The number of hydrogen-bond donors (Lipinski definition) is 1. The molecule has 1 heterocycles. The summed E-state index contributed by atoms with van der Waals surface area (Å²) in [5.74, 6) is 1.38. The fourth-order valence-corrected chi connectivity index (χ4v) is 2.46. The summed E-state index contributed by atoms with van der Waals surface area (Å²) in [7, 11) is 0. The predicted molar refractivity (Wildman–Crippen MR) is 86.9 cm³/mol. The van der Waals surface area contributed by atoms with Gasteiger partial charge >= 0.3 is 0 Å². The zero-order chi connectivity index (χ0) is 14.5. The summed E-state index contributed by atoms with van der Waals surface area (Å²) >= 11 is 15.5. The Morgan fingerprint density at radius 1 is 1.25 bits per heavy atom. The number of nitrogens with zero attached hydrogens (tertiary/aromatic N) is 1. The van der Waals surface area contributed by atoms with Gasteiger partial charge < -0.3 is 10.1 Å². The number of nitrogens with one attached hydrogen (secondary N) is 1. The minimum absolute atomic E-state index is 0.401. The highest BCUT2D eigenvalue weighted by molar-refractivity contribution is 9.10. The van der Waals surface area contributed by atoms with Crippen molar-refractivity contribution in [1.29, 1.82) is 0 Å². The largest absolute Gasteiger partial charge is 0.487 e. The third kappa shape index (κ3) is 4.01. The van der Waals surface area contributed by atoms with Crippen LogP contribution >= 0.6 is 39.1 Å². The molecule has 0 unspecified atom stereocenters. The first-order valence-corrected chi connectivity index (χ1v) is 7.61. The van der Waals surface area contributed by atoms with Crippen LogP contribution in [0.3, 0.4) is 0 Å². The van der Waals surface area contributed by atoms with E-state index in [4.69, 9.17) is 27.9 Å². The molecule has 0 radical (unpaired) electrons. The maximum atomic E-state index is 6.11. The van der Waals surface area contributed by atoms with Crippen LogP contribution < -0.4 is 10.1 Å². The van der Waals surface area contributed by atoms with Gasteiger partial charge in [-0.2, -0.15) is 0 Å². The molecule has 3 nitrogen and oxygen atoms in total. The van der Waals surface area contributed by atoms with Crippen LogP contribution in [0, 0.1) is 0 Å². The quantitative estimate of drug-likeness (QED) is 0.732. The highest BCUT2D eigenvalue weighted by Crippen LogP contribution is 2.34. The van der Waals surface area contributed by atoms with Gasteiger partial charge in [0.1, 0.15) is 18.2 Å². The second kappa shape index (κ2) is 7.16. The van der Waals surface area contributed by atoms with Crippen molar-refractivity contribution in [3.63, 3.8) is 0 Å². The van der Waals surface area contributed by atoms with Crippen molar-refractivity contribution in [2.24, 2.45) is 0 Å². The second-order valence-corrected chi connectivity index (χ2v) is 5.73. The molecule has 1 aromatic carbocycles. The van der Waals surface area contributed by atoms with Crippen LogP contribution in [-0.2, 0) is 6.61 Å². The Morgan fingerprint density at radius 3 is 2.80 bits per heavy atom. The molecule has 0 amide bonds. The van der Waals surface area contributed by atoms with Gasteiger partial charge in [-0.3, -0.25) is 0 Å². The Hall–Kier alpha value is -0.970. The third-order valence-electron chi connectivity index (χ3n) is 2.55. The van der Waals surface area contributed by atoms with E-state index in [0.717, 1.165) is 22.4 Å². The summed E-state index contributed by atoms with van der Waals surface area (Å²) in [6.45, 7) is 3.25. The molecule has 0 saturated heterocycles. The monoisotopic (exact) mass is 374 g/mol. The van der Waals surface area contributed by atoms with Crippen LogP contribution in [-0.4, -0.2) is 11.5 Å². The van der Waals surface area contributed by atoms with Crippen molar-refractivity contribution in [2.45, 2.75) is 13.5 Å². The first-order chi connectivity index (χ1) is 9.60. The molecule has 1 aromatic heterocycles. The fourth-order valence-electron chi connectivity index (χ4n) is 1.62. The maximum absolute atomic E-state index is 6.11. The molecule has 106 valence electrons. The van der Waals surface area contributed by atoms with Gasteiger partial charge in [-0.1, -0.05) is 23.2 Å². The third-order valence-corrected chi connectivity index (χ3v) is 4.04. The van der Waals surface area contributed by atoms with Crippen molar-refractivity contribution in [1.82, 2.24) is 4.98 Å². The summed E-state index contributed by atoms with van der Waals surface area (Å²) in [5.41, 5.74) is 1.01. The van der Waals surface area contributed by atoms with Crippen molar-refractivity contribution >= 4 is 44.9 Å². The van der Waals surface area contributed by atoms with Crippen molar-refractivity contribution in [3.05, 3.63) is 50.5 Å². The highest BCUT2D eigenvalue weighted by Gasteiger charge is 2.07.